The zero-order valence-electron chi connectivity index (χ0n) is 21.0. The van der Waals surface area contributed by atoms with E-state index in [0.29, 0.717) is 16.2 Å². The van der Waals surface area contributed by atoms with E-state index in [1.165, 1.54) is 13.2 Å². The Morgan fingerprint density at radius 1 is 1.03 bits per heavy atom. The van der Waals surface area contributed by atoms with E-state index in [4.69, 9.17) is 17.0 Å². The van der Waals surface area contributed by atoms with Gasteiger partial charge in [-0.25, -0.2) is 9.18 Å². The lowest BCUT2D eigenvalue weighted by atomic mass is 9.96. The number of benzene rings is 2. The van der Waals surface area contributed by atoms with Crippen LogP contribution in [0.15, 0.2) is 72.9 Å². The molecule has 0 unspecified atom stereocenters. The minimum atomic E-state index is -0.373. The maximum absolute atomic E-state index is 14.1. The van der Waals surface area contributed by atoms with Crippen molar-refractivity contribution in [3.05, 3.63) is 113 Å². The van der Waals surface area contributed by atoms with E-state index < -0.39 is 0 Å². The van der Waals surface area contributed by atoms with Gasteiger partial charge in [0.2, 0.25) is 0 Å². The number of nitrogens with one attached hydrogen (secondary N) is 1. The number of carbonyl (C=O) groups excluding carboxylic acids is 1. The van der Waals surface area contributed by atoms with Crippen molar-refractivity contribution in [1.82, 2.24) is 14.9 Å². The van der Waals surface area contributed by atoms with Crippen LogP contribution >= 0.6 is 12.2 Å². The number of aromatic nitrogens is 2. The van der Waals surface area contributed by atoms with Crippen molar-refractivity contribution in [2.24, 2.45) is 0 Å². The van der Waals surface area contributed by atoms with Crippen LogP contribution in [0.5, 0.6) is 0 Å². The summed E-state index contributed by atoms with van der Waals surface area (Å²) in [5, 5.41) is 4.02. The molecule has 0 saturated carbocycles. The first-order chi connectivity index (χ1) is 17.8. The van der Waals surface area contributed by atoms with Crippen molar-refractivity contribution in [1.29, 1.82) is 0 Å². The average Bonchev–Trinajstić information content (AvgIpc) is 3.40. The average molecular weight is 515 g/mol. The van der Waals surface area contributed by atoms with Crippen molar-refractivity contribution in [3.63, 3.8) is 0 Å². The maximum atomic E-state index is 14.1. The molecule has 3 heterocycles. The Morgan fingerprint density at radius 3 is 2.41 bits per heavy atom. The molecule has 1 saturated heterocycles. The van der Waals surface area contributed by atoms with Gasteiger partial charge in [0, 0.05) is 29.0 Å². The standard InChI is InChI=1S/C29H27FN4O2S/c1-17-15-22(12-13-24(17)30)34-27(26(32-29(34)37)25-7-5-6-14-31-25)23-16-18(2)33(19(23)3)21-10-8-20(9-11-21)28(35)36-4/h5-16,26-27H,1-4H3,(H,32,37)/t26-,27+/m1/s1. The summed E-state index contributed by atoms with van der Waals surface area (Å²) >= 11 is 5.82. The van der Waals surface area contributed by atoms with Crippen molar-refractivity contribution in [3.8, 4) is 5.69 Å². The molecule has 1 fully saturated rings. The van der Waals surface area contributed by atoms with Gasteiger partial charge in [-0.15, -0.1) is 0 Å². The second kappa shape index (κ2) is 9.78. The van der Waals surface area contributed by atoms with Crippen molar-refractivity contribution in [2.45, 2.75) is 32.9 Å². The topological polar surface area (TPSA) is 59.4 Å². The Hall–Kier alpha value is -4.04. The second-order valence-corrected chi connectivity index (χ2v) is 9.52. The highest BCUT2D eigenvalue weighted by molar-refractivity contribution is 7.80. The van der Waals surface area contributed by atoms with E-state index in [2.05, 4.69) is 27.9 Å². The molecular weight excluding hydrogens is 487 g/mol. The van der Waals surface area contributed by atoms with Gasteiger partial charge in [0.05, 0.1) is 30.5 Å². The van der Waals surface area contributed by atoms with Gasteiger partial charge in [0.15, 0.2) is 5.11 Å². The molecule has 5 rings (SSSR count). The zero-order chi connectivity index (χ0) is 26.3. The van der Waals surface area contributed by atoms with Crippen LogP contribution in [0.4, 0.5) is 10.1 Å². The number of esters is 1. The minimum Gasteiger partial charge on any atom is -0.465 e. The first-order valence-corrected chi connectivity index (χ1v) is 12.4. The molecule has 6 nitrogen and oxygen atoms in total. The van der Waals surface area contributed by atoms with Crippen LogP contribution in [-0.4, -0.2) is 27.7 Å². The molecule has 2 aromatic heterocycles. The summed E-state index contributed by atoms with van der Waals surface area (Å²) in [6.07, 6.45) is 1.77. The predicted octanol–water partition coefficient (Wildman–Crippen LogP) is 5.90. The number of aryl methyl sites for hydroxylation is 2. The molecule has 0 radical (unpaired) electrons. The van der Waals surface area contributed by atoms with Crippen LogP contribution in [0.3, 0.4) is 0 Å². The van der Waals surface area contributed by atoms with E-state index in [-0.39, 0.29) is 23.9 Å². The summed E-state index contributed by atoms with van der Waals surface area (Å²) in [4.78, 5) is 18.6. The molecule has 2 aromatic carbocycles. The Labute approximate surface area is 220 Å². The molecular formula is C29H27FN4O2S. The Balaban J connectivity index is 1.64. The molecule has 4 aromatic rings. The third kappa shape index (κ3) is 4.38. The van der Waals surface area contributed by atoms with E-state index in [0.717, 1.165) is 34.0 Å². The van der Waals surface area contributed by atoms with Gasteiger partial charge < -0.3 is 19.5 Å². The molecule has 8 heteroatoms. The highest BCUT2D eigenvalue weighted by Gasteiger charge is 2.42. The summed E-state index contributed by atoms with van der Waals surface area (Å²) in [7, 11) is 1.37. The molecule has 0 spiro atoms. The van der Waals surface area contributed by atoms with Crippen LogP contribution < -0.4 is 10.2 Å². The quantitative estimate of drug-likeness (QED) is 0.264. The number of thiocarbonyl (C=S) groups is 1. The zero-order valence-corrected chi connectivity index (χ0v) is 21.8. The number of hydrogen-bond acceptors (Lipinski definition) is 4. The number of hydrogen-bond donors (Lipinski definition) is 1. The summed E-state index contributed by atoms with van der Waals surface area (Å²) < 4.78 is 21.1. The lowest BCUT2D eigenvalue weighted by Gasteiger charge is -2.28. The molecule has 1 N–H and O–H groups in total. The molecule has 0 amide bonds. The van der Waals surface area contributed by atoms with Gasteiger partial charge in [-0.2, -0.15) is 0 Å². The molecule has 0 bridgehead atoms. The fourth-order valence-corrected chi connectivity index (χ4v) is 5.42. The minimum absolute atomic E-state index is 0.213. The highest BCUT2D eigenvalue weighted by atomic mass is 32.1. The molecule has 188 valence electrons. The molecule has 37 heavy (non-hydrogen) atoms. The largest absolute Gasteiger partial charge is 0.465 e. The molecule has 2 atom stereocenters. The Kier molecular flexibility index (Phi) is 6.52. The number of nitrogens with zero attached hydrogens (tertiary/aromatic N) is 3. The van der Waals surface area contributed by atoms with Gasteiger partial charge in [0.25, 0.3) is 0 Å². The van der Waals surface area contributed by atoms with Gasteiger partial charge in [-0.1, -0.05) is 6.07 Å². The van der Waals surface area contributed by atoms with Crippen LogP contribution in [0.2, 0.25) is 0 Å². The SMILES string of the molecule is COC(=O)c1ccc(-n2c(C)cc([C@H]3[C@@H](c4ccccn4)NC(=S)N3c3ccc(F)c(C)c3)c2C)cc1. The lowest BCUT2D eigenvalue weighted by molar-refractivity contribution is 0.0600. The third-order valence-electron chi connectivity index (χ3n) is 6.85. The van der Waals surface area contributed by atoms with Gasteiger partial charge in [-0.3, -0.25) is 4.98 Å². The van der Waals surface area contributed by atoms with Gasteiger partial charge in [0.1, 0.15) is 5.82 Å². The Morgan fingerprint density at radius 2 is 1.76 bits per heavy atom. The number of anilines is 1. The predicted molar refractivity (Wildman–Crippen MR) is 146 cm³/mol. The van der Waals surface area contributed by atoms with Crippen molar-refractivity contribution < 1.29 is 13.9 Å². The van der Waals surface area contributed by atoms with E-state index in [9.17, 15) is 9.18 Å². The number of rotatable bonds is 5. The van der Waals surface area contributed by atoms with Crippen LogP contribution in [0.25, 0.3) is 5.69 Å². The maximum Gasteiger partial charge on any atom is 0.337 e. The van der Waals surface area contributed by atoms with Crippen LogP contribution in [-0.2, 0) is 4.74 Å². The number of pyridine rings is 1. The fourth-order valence-electron chi connectivity index (χ4n) is 5.08. The highest BCUT2D eigenvalue weighted by Crippen LogP contribution is 2.44. The van der Waals surface area contributed by atoms with Crippen molar-refractivity contribution in [2.75, 3.05) is 12.0 Å². The molecule has 0 aliphatic carbocycles. The summed E-state index contributed by atoms with van der Waals surface area (Å²) in [5.74, 6) is -0.629. The number of carbonyl (C=O) groups is 1. The van der Waals surface area contributed by atoms with Crippen LogP contribution in [0.1, 0.15) is 50.7 Å². The lowest BCUT2D eigenvalue weighted by Crippen LogP contribution is -2.29. The fraction of sp³-hybridized carbons (Fsp3) is 0.207. The summed E-state index contributed by atoms with van der Waals surface area (Å²) in [6.45, 7) is 5.87. The third-order valence-corrected chi connectivity index (χ3v) is 7.17. The summed E-state index contributed by atoms with van der Waals surface area (Å²) in [6, 6.07) is 19.9. The number of ether oxygens (including phenoxy) is 1. The summed E-state index contributed by atoms with van der Waals surface area (Å²) in [5.41, 5.74) is 6.79. The first kappa shape index (κ1) is 24.6. The van der Waals surface area contributed by atoms with E-state index >= 15 is 0 Å². The van der Waals surface area contributed by atoms with Gasteiger partial charge in [-0.05, 0) is 105 Å². The normalized spacial score (nSPS) is 17.1. The Bertz CT molecular complexity index is 1480. The van der Waals surface area contributed by atoms with E-state index in [1.54, 1.807) is 31.3 Å². The van der Waals surface area contributed by atoms with Crippen LogP contribution in [0, 0.1) is 26.6 Å². The number of methoxy groups -OCH3 is 1. The number of halogens is 1. The van der Waals surface area contributed by atoms with Gasteiger partial charge >= 0.3 is 5.97 Å². The molecule has 1 aliphatic rings. The first-order valence-electron chi connectivity index (χ1n) is 11.9. The smallest absolute Gasteiger partial charge is 0.337 e. The molecule has 1 aliphatic heterocycles. The second-order valence-electron chi connectivity index (χ2n) is 9.13. The monoisotopic (exact) mass is 514 g/mol. The van der Waals surface area contributed by atoms with Crippen molar-refractivity contribution >= 4 is 29.0 Å². The van der Waals surface area contributed by atoms with E-state index in [1.807, 2.05) is 48.2 Å².